The number of hydrogen-bond donors (Lipinski definition) is 1. The smallest absolute Gasteiger partial charge is 0.265 e. The zero-order chi connectivity index (χ0) is 15.2. The molecule has 0 aliphatic rings. The van der Waals surface area contributed by atoms with Crippen molar-refractivity contribution in [2.24, 2.45) is 0 Å². The fraction of sp³-hybridized carbons (Fsp3) is 0.278. The number of anilines is 1. The molecular weight excluding hydrogens is 262 g/mol. The minimum Gasteiger partial charge on any atom is -0.481 e. The van der Waals surface area contributed by atoms with E-state index in [0.29, 0.717) is 12.2 Å². The highest BCUT2D eigenvalue weighted by atomic mass is 16.5. The van der Waals surface area contributed by atoms with Gasteiger partial charge in [0.1, 0.15) is 5.75 Å². The fourth-order valence-corrected chi connectivity index (χ4v) is 2.20. The molecule has 0 bridgehead atoms. The molecule has 0 aromatic heterocycles. The van der Waals surface area contributed by atoms with Crippen LogP contribution in [0, 0.1) is 13.8 Å². The summed E-state index contributed by atoms with van der Waals surface area (Å²) < 4.78 is 5.77. The average Bonchev–Trinajstić information content (AvgIpc) is 2.49. The number of aryl methyl sites for hydroxylation is 2. The second-order valence-electron chi connectivity index (χ2n) is 5.08. The number of rotatable bonds is 5. The third-order valence-electron chi connectivity index (χ3n) is 3.41. The first-order valence-electron chi connectivity index (χ1n) is 7.20. The molecule has 0 spiro atoms. The standard InChI is InChI=1S/C18H21NO2/c1-4-16(21-15-11-6-5-7-12-15)18(20)19-17-13(2)9-8-10-14(17)3/h5-12,16H,4H2,1-3H3,(H,19,20). The number of benzene rings is 2. The van der Waals surface area contributed by atoms with Crippen LogP contribution in [-0.2, 0) is 4.79 Å². The lowest BCUT2D eigenvalue weighted by molar-refractivity contribution is -0.122. The van der Waals surface area contributed by atoms with Gasteiger partial charge in [-0.15, -0.1) is 0 Å². The number of para-hydroxylation sites is 2. The molecule has 21 heavy (non-hydrogen) atoms. The van der Waals surface area contributed by atoms with Crippen LogP contribution in [0.2, 0.25) is 0 Å². The topological polar surface area (TPSA) is 38.3 Å². The van der Waals surface area contributed by atoms with Crippen LogP contribution in [0.1, 0.15) is 24.5 Å². The number of carbonyl (C=O) groups excluding carboxylic acids is 1. The van der Waals surface area contributed by atoms with Crippen molar-refractivity contribution < 1.29 is 9.53 Å². The number of amides is 1. The van der Waals surface area contributed by atoms with Gasteiger partial charge in [-0.2, -0.15) is 0 Å². The number of hydrogen-bond acceptors (Lipinski definition) is 2. The largest absolute Gasteiger partial charge is 0.481 e. The summed E-state index contributed by atoms with van der Waals surface area (Å²) in [5, 5.41) is 2.99. The Labute approximate surface area is 126 Å². The molecule has 1 unspecified atom stereocenters. The van der Waals surface area contributed by atoms with E-state index in [0.717, 1.165) is 16.8 Å². The van der Waals surface area contributed by atoms with E-state index in [1.807, 2.05) is 69.3 Å². The summed E-state index contributed by atoms with van der Waals surface area (Å²) in [6.45, 7) is 5.92. The van der Waals surface area contributed by atoms with Crippen molar-refractivity contribution in [3.63, 3.8) is 0 Å². The molecule has 2 aromatic rings. The Balaban J connectivity index is 2.10. The zero-order valence-corrected chi connectivity index (χ0v) is 12.7. The molecule has 0 saturated heterocycles. The fourth-order valence-electron chi connectivity index (χ4n) is 2.20. The lowest BCUT2D eigenvalue weighted by Gasteiger charge is -2.19. The van der Waals surface area contributed by atoms with Crippen LogP contribution >= 0.6 is 0 Å². The molecule has 0 aliphatic heterocycles. The van der Waals surface area contributed by atoms with Gasteiger partial charge in [0.2, 0.25) is 0 Å². The Kier molecular flexibility index (Phi) is 4.99. The average molecular weight is 283 g/mol. The van der Waals surface area contributed by atoms with Crippen molar-refractivity contribution in [2.75, 3.05) is 5.32 Å². The third kappa shape index (κ3) is 3.85. The molecule has 1 N–H and O–H groups in total. The molecule has 0 saturated carbocycles. The molecule has 3 heteroatoms. The SMILES string of the molecule is CCC(Oc1ccccc1)C(=O)Nc1c(C)cccc1C. The minimum absolute atomic E-state index is 0.112. The van der Waals surface area contributed by atoms with Crippen molar-refractivity contribution in [3.05, 3.63) is 59.7 Å². The van der Waals surface area contributed by atoms with E-state index >= 15 is 0 Å². The van der Waals surface area contributed by atoms with E-state index in [2.05, 4.69) is 5.32 Å². The molecule has 2 aromatic carbocycles. The number of carbonyl (C=O) groups is 1. The van der Waals surface area contributed by atoms with Crippen LogP contribution in [0.15, 0.2) is 48.5 Å². The Bertz CT molecular complexity index is 588. The van der Waals surface area contributed by atoms with Gasteiger partial charge < -0.3 is 10.1 Å². The summed E-state index contributed by atoms with van der Waals surface area (Å²) in [6, 6.07) is 15.4. The molecule has 3 nitrogen and oxygen atoms in total. The first-order valence-corrected chi connectivity index (χ1v) is 7.20. The molecule has 1 amide bonds. The molecule has 0 radical (unpaired) electrons. The van der Waals surface area contributed by atoms with Crippen LogP contribution in [0.3, 0.4) is 0 Å². The van der Waals surface area contributed by atoms with Crippen molar-refractivity contribution in [3.8, 4) is 5.75 Å². The van der Waals surface area contributed by atoms with Gasteiger partial charge in [-0.25, -0.2) is 0 Å². The van der Waals surface area contributed by atoms with E-state index in [9.17, 15) is 4.79 Å². The predicted molar refractivity (Wildman–Crippen MR) is 85.7 cm³/mol. The summed E-state index contributed by atoms with van der Waals surface area (Å²) in [6.07, 6.45) is 0.123. The monoisotopic (exact) mass is 283 g/mol. The Hall–Kier alpha value is -2.29. The highest BCUT2D eigenvalue weighted by Gasteiger charge is 2.19. The summed E-state index contributed by atoms with van der Waals surface area (Å²) in [4.78, 5) is 12.4. The molecule has 0 fully saturated rings. The number of nitrogens with one attached hydrogen (secondary N) is 1. The van der Waals surface area contributed by atoms with E-state index in [1.165, 1.54) is 0 Å². The Morgan fingerprint density at radius 3 is 2.24 bits per heavy atom. The number of ether oxygens (including phenoxy) is 1. The van der Waals surface area contributed by atoms with Crippen molar-refractivity contribution in [1.29, 1.82) is 0 Å². The maximum Gasteiger partial charge on any atom is 0.265 e. The molecule has 0 aliphatic carbocycles. The van der Waals surface area contributed by atoms with E-state index in [4.69, 9.17) is 4.74 Å². The van der Waals surface area contributed by atoms with Crippen LogP contribution in [0.5, 0.6) is 5.75 Å². The van der Waals surface area contributed by atoms with Crippen LogP contribution in [0.25, 0.3) is 0 Å². The Morgan fingerprint density at radius 1 is 1.05 bits per heavy atom. The quantitative estimate of drug-likeness (QED) is 0.897. The van der Waals surface area contributed by atoms with Gasteiger partial charge >= 0.3 is 0 Å². The predicted octanol–water partition coefficient (Wildman–Crippen LogP) is 4.10. The van der Waals surface area contributed by atoms with Crippen LogP contribution in [0.4, 0.5) is 5.69 Å². The summed E-state index contributed by atoms with van der Waals surface area (Å²) in [5.41, 5.74) is 2.98. The molecule has 0 heterocycles. The second-order valence-corrected chi connectivity index (χ2v) is 5.08. The van der Waals surface area contributed by atoms with Gasteiger partial charge in [0.05, 0.1) is 0 Å². The zero-order valence-electron chi connectivity index (χ0n) is 12.7. The van der Waals surface area contributed by atoms with E-state index in [-0.39, 0.29) is 5.91 Å². The highest BCUT2D eigenvalue weighted by molar-refractivity contribution is 5.95. The maximum atomic E-state index is 12.4. The van der Waals surface area contributed by atoms with Gasteiger partial charge in [-0.3, -0.25) is 4.79 Å². The lowest BCUT2D eigenvalue weighted by atomic mass is 10.1. The summed E-state index contributed by atoms with van der Waals surface area (Å²) in [7, 11) is 0. The summed E-state index contributed by atoms with van der Waals surface area (Å²) >= 11 is 0. The lowest BCUT2D eigenvalue weighted by Crippen LogP contribution is -2.32. The maximum absolute atomic E-state index is 12.4. The van der Waals surface area contributed by atoms with Crippen molar-refractivity contribution in [2.45, 2.75) is 33.3 Å². The highest BCUT2D eigenvalue weighted by Crippen LogP contribution is 2.21. The van der Waals surface area contributed by atoms with Crippen LogP contribution in [-0.4, -0.2) is 12.0 Å². The Morgan fingerprint density at radius 2 is 1.67 bits per heavy atom. The molecule has 1 atom stereocenters. The van der Waals surface area contributed by atoms with Gasteiger partial charge in [-0.1, -0.05) is 43.3 Å². The molecule has 110 valence electrons. The van der Waals surface area contributed by atoms with Gasteiger partial charge in [0.15, 0.2) is 6.10 Å². The van der Waals surface area contributed by atoms with E-state index in [1.54, 1.807) is 0 Å². The van der Waals surface area contributed by atoms with E-state index < -0.39 is 6.10 Å². The second kappa shape index (κ2) is 6.93. The molecule has 2 rings (SSSR count). The summed E-state index contributed by atoms with van der Waals surface area (Å²) in [5.74, 6) is 0.597. The van der Waals surface area contributed by atoms with Crippen LogP contribution < -0.4 is 10.1 Å². The van der Waals surface area contributed by atoms with Gasteiger partial charge in [-0.05, 0) is 43.5 Å². The van der Waals surface area contributed by atoms with Gasteiger partial charge in [0.25, 0.3) is 5.91 Å². The van der Waals surface area contributed by atoms with Crippen molar-refractivity contribution in [1.82, 2.24) is 0 Å². The van der Waals surface area contributed by atoms with Gasteiger partial charge in [0, 0.05) is 5.69 Å². The molecular formula is C18H21NO2. The van der Waals surface area contributed by atoms with Crippen molar-refractivity contribution >= 4 is 11.6 Å². The minimum atomic E-state index is -0.494. The first-order chi connectivity index (χ1) is 10.1. The first kappa shape index (κ1) is 15.1. The normalized spacial score (nSPS) is 11.8. The third-order valence-corrected chi connectivity index (χ3v) is 3.41.